The number of nitrogens with zero attached hydrogens (tertiary/aromatic N) is 2. The van der Waals surface area contributed by atoms with Crippen molar-refractivity contribution in [2.24, 2.45) is 5.92 Å². The molecule has 30 heavy (non-hydrogen) atoms. The molecule has 0 bridgehead atoms. The van der Waals surface area contributed by atoms with Gasteiger partial charge in [0.2, 0.25) is 5.91 Å². The third-order valence-electron chi connectivity index (χ3n) is 6.65. The van der Waals surface area contributed by atoms with Crippen LogP contribution in [0, 0.1) is 19.8 Å². The molecular weight excluding hydrogens is 378 g/mol. The highest BCUT2D eigenvalue weighted by Crippen LogP contribution is 2.37. The van der Waals surface area contributed by atoms with E-state index in [0.717, 1.165) is 38.1 Å². The van der Waals surface area contributed by atoms with E-state index < -0.39 is 0 Å². The molecule has 1 aromatic rings. The molecule has 0 radical (unpaired) electrons. The molecule has 0 unspecified atom stereocenters. The van der Waals surface area contributed by atoms with Gasteiger partial charge in [-0.15, -0.1) is 0 Å². The maximum atomic E-state index is 13.2. The number of carbonyl (C=O) groups excluding carboxylic acids is 2. The Bertz CT molecular complexity index is 734. The summed E-state index contributed by atoms with van der Waals surface area (Å²) in [6, 6.07) is 1.82. The SMILES string of the molecule is Cc1cc(C(=O)N2CCCN(CC(C)C)C3(CCCCC3)CC(=O)NCC2)c(C)o1. The normalized spacial score (nSPS) is 21.5. The number of amides is 2. The van der Waals surface area contributed by atoms with E-state index in [1.54, 1.807) is 0 Å². The van der Waals surface area contributed by atoms with Gasteiger partial charge in [0.05, 0.1) is 5.56 Å². The lowest BCUT2D eigenvalue weighted by Crippen LogP contribution is -2.54. The minimum Gasteiger partial charge on any atom is -0.466 e. The van der Waals surface area contributed by atoms with Crippen LogP contribution in [-0.4, -0.2) is 59.9 Å². The van der Waals surface area contributed by atoms with Gasteiger partial charge >= 0.3 is 0 Å². The summed E-state index contributed by atoms with van der Waals surface area (Å²) in [4.78, 5) is 30.5. The molecule has 2 aliphatic rings. The van der Waals surface area contributed by atoms with Crippen molar-refractivity contribution in [3.63, 3.8) is 0 Å². The van der Waals surface area contributed by atoms with E-state index in [1.807, 2.05) is 24.8 Å². The Morgan fingerprint density at radius 2 is 1.87 bits per heavy atom. The van der Waals surface area contributed by atoms with E-state index in [2.05, 4.69) is 24.1 Å². The molecule has 1 aliphatic heterocycles. The Labute approximate surface area is 181 Å². The highest BCUT2D eigenvalue weighted by Gasteiger charge is 2.40. The van der Waals surface area contributed by atoms with Gasteiger partial charge in [0.1, 0.15) is 11.5 Å². The molecule has 1 saturated carbocycles. The van der Waals surface area contributed by atoms with Crippen LogP contribution >= 0.6 is 0 Å². The van der Waals surface area contributed by atoms with Crippen molar-refractivity contribution in [3.8, 4) is 0 Å². The van der Waals surface area contributed by atoms with Gasteiger partial charge in [0.15, 0.2) is 0 Å². The van der Waals surface area contributed by atoms with Crippen LogP contribution in [0.1, 0.15) is 80.7 Å². The van der Waals surface area contributed by atoms with Crippen molar-refractivity contribution in [1.29, 1.82) is 0 Å². The maximum Gasteiger partial charge on any atom is 0.257 e. The van der Waals surface area contributed by atoms with Crippen molar-refractivity contribution < 1.29 is 14.0 Å². The molecule has 6 heteroatoms. The number of carbonyl (C=O) groups is 2. The lowest BCUT2D eigenvalue weighted by molar-refractivity contribution is -0.125. The fourth-order valence-electron chi connectivity index (χ4n) is 5.25. The average Bonchev–Trinajstić information content (AvgIpc) is 3.02. The molecule has 1 saturated heterocycles. The van der Waals surface area contributed by atoms with Crippen molar-refractivity contribution in [1.82, 2.24) is 15.1 Å². The zero-order chi connectivity index (χ0) is 21.7. The Morgan fingerprint density at radius 1 is 1.13 bits per heavy atom. The second-order valence-electron chi connectivity index (χ2n) is 9.62. The number of nitrogens with one attached hydrogen (secondary N) is 1. The van der Waals surface area contributed by atoms with Gasteiger partial charge in [-0.2, -0.15) is 0 Å². The number of aryl methyl sites for hydroxylation is 2. The molecular formula is C24H39N3O3. The van der Waals surface area contributed by atoms with Crippen LogP contribution in [0.3, 0.4) is 0 Å². The van der Waals surface area contributed by atoms with Crippen LogP contribution in [-0.2, 0) is 4.79 Å². The average molecular weight is 418 g/mol. The fourth-order valence-corrected chi connectivity index (χ4v) is 5.25. The zero-order valence-electron chi connectivity index (χ0n) is 19.3. The summed E-state index contributed by atoms with van der Waals surface area (Å²) in [6.45, 7) is 11.9. The van der Waals surface area contributed by atoms with Crippen LogP contribution in [0.4, 0.5) is 0 Å². The van der Waals surface area contributed by atoms with Gasteiger partial charge in [-0.3, -0.25) is 14.5 Å². The van der Waals surface area contributed by atoms with E-state index >= 15 is 0 Å². The first-order valence-electron chi connectivity index (χ1n) is 11.7. The van der Waals surface area contributed by atoms with Gasteiger partial charge in [0.25, 0.3) is 5.91 Å². The minimum atomic E-state index is -0.0238. The predicted molar refractivity (Wildman–Crippen MR) is 119 cm³/mol. The van der Waals surface area contributed by atoms with Crippen molar-refractivity contribution in [2.45, 2.75) is 78.2 Å². The lowest BCUT2D eigenvalue weighted by Gasteiger charge is -2.47. The third-order valence-corrected chi connectivity index (χ3v) is 6.65. The van der Waals surface area contributed by atoms with Crippen molar-refractivity contribution in [2.75, 3.05) is 32.7 Å². The predicted octanol–water partition coefficient (Wildman–Crippen LogP) is 3.91. The van der Waals surface area contributed by atoms with Gasteiger partial charge in [0, 0.05) is 44.7 Å². The van der Waals surface area contributed by atoms with Crippen LogP contribution < -0.4 is 5.32 Å². The Kier molecular flexibility index (Phi) is 7.61. The number of hydrogen-bond acceptors (Lipinski definition) is 4. The van der Waals surface area contributed by atoms with E-state index in [1.165, 1.54) is 19.3 Å². The monoisotopic (exact) mass is 417 g/mol. The topological polar surface area (TPSA) is 65.8 Å². The summed E-state index contributed by atoms with van der Waals surface area (Å²) in [5.74, 6) is 2.09. The summed E-state index contributed by atoms with van der Waals surface area (Å²) in [7, 11) is 0. The van der Waals surface area contributed by atoms with Gasteiger partial charge in [-0.25, -0.2) is 0 Å². The Hall–Kier alpha value is -1.82. The molecule has 0 atom stereocenters. The molecule has 6 nitrogen and oxygen atoms in total. The summed E-state index contributed by atoms with van der Waals surface area (Å²) in [5, 5.41) is 3.10. The molecule has 1 N–H and O–H groups in total. The van der Waals surface area contributed by atoms with Crippen LogP contribution in [0.15, 0.2) is 10.5 Å². The molecule has 3 rings (SSSR count). The summed E-state index contributed by atoms with van der Waals surface area (Å²) in [6.07, 6.45) is 7.37. The first-order valence-corrected chi connectivity index (χ1v) is 11.7. The molecule has 168 valence electrons. The largest absolute Gasteiger partial charge is 0.466 e. The second-order valence-corrected chi connectivity index (χ2v) is 9.62. The highest BCUT2D eigenvalue weighted by atomic mass is 16.3. The van der Waals surface area contributed by atoms with Crippen LogP contribution in [0.2, 0.25) is 0 Å². The molecule has 1 spiro atoms. The standard InChI is InChI=1S/C24H39N3O3/c1-18(2)17-27-13-8-12-26(23(29)21-15-19(3)30-20(21)4)14-11-25-22(28)16-24(27)9-6-5-7-10-24/h15,18H,5-14,16-17H2,1-4H3,(H,25,28). The molecule has 0 aromatic carbocycles. The van der Waals surface area contributed by atoms with Crippen LogP contribution in [0.5, 0.6) is 0 Å². The first kappa shape index (κ1) is 22.9. The molecule has 2 amide bonds. The lowest BCUT2D eigenvalue weighted by atomic mass is 9.77. The molecule has 2 heterocycles. The van der Waals surface area contributed by atoms with Crippen molar-refractivity contribution in [3.05, 3.63) is 23.2 Å². The van der Waals surface area contributed by atoms with Gasteiger partial charge in [-0.05, 0) is 45.1 Å². The fraction of sp³-hybridized carbons (Fsp3) is 0.750. The Morgan fingerprint density at radius 3 is 2.50 bits per heavy atom. The molecule has 1 aromatic heterocycles. The second kappa shape index (κ2) is 9.99. The summed E-state index contributed by atoms with van der Waals surface area (Å²) >= 11 is 0. The van der Waals surface area contributed by atoms with E-state index in [4.69, 9.17) is 4.42 Å². The third kappa shape index (κ3) is 5.45. The Balaban J connectivity index is 1.79. The van der Waals surface area contributed by atoms with E-state index in [0.29, 0.717) is 43.3 Å². The van der Waals surface area contributed by atoms with E-state index in [-0.39, 0.29) is 17.4 Å². The zero-order valence-corrected chi connectivity index (χ0v) is 19.3. The number of hydrogen-bond donors (Lipinski definition) is 1. The highest BCUT2D eigenvalue weighted by molar-refractivity contribution is 5.95. The van der Waals surface area contributed by atoms with Crippen LogP contribution in [0.25, 0.3) is 0 Å². The summed E-state index contributed by atoms with van der Waals surface area (Å²) in [5.41, 5.74) is 0.612. The van der Waals surface area contributed by atoms with Crippen molar-refractivity contribution >= 4 is 11.8 Å². The number of rotatable bonds is 3. The molecule has 2 fully saturated rings. The smallest absolute Gasteiger partial charge is 0.257 e. The van der Waals surface area contributed by atoms with E-state index in [9.17, 15) is 9.59 Å². The quantitative estimate of drug-likeness (QED) is 0.810. The maximum absolute atomic E-state index is 13.2. The number of furan rings is 1. The first-order chi connectivity index (χ1) is 14.3. The molecule has 1 aliphatic carbocycles. The minimum absolute atomic E-state index is 0.000588. The van der Waals surface area contributed by atoms with Gasteiger partial charge < -0.3 is 14.6 Å². The van der Waals surface area contributed by atoms with Gasteiger partial charge in [-0.1, -0.05) is 33.1 Å². The summed E-state index contributed by atoms with van der Waals surface area (Å²) < 4.78 is 5.57.